The van der Waals surface area contributed by atoms with Crippen molar-refractivity contribution in [3.8, 4) is 0 Å². The van der Waals surface area contributed by atoms with Gasteiger partial charge < -0.3 is 14.2 Å². The smallest absolute Gasteiger partial charge is 0.274 e. The summed E-state index contributed by atoms with van der Waals surface area (Å²) >= 11 is 0. The Morgan fingerprint density at radius 1 is 1.24 bits per heavy atom. The summed E-state index contributed by atoms with van der Waals surface area (Å²) in [5, 5.41) is 0. The minimum Gasteiger partial charge on any atom is -0.336 e. The van der Waals surface area contributed by atoms with E-state index in [1.54, 1.807) is 0 Å². The molecular weight excluding hydrogens is 314 g/mol. The van der Waals surface area contributed by atoms with Crippen LogP contribution in [0.15, 0.2) is 24.4 Å². The van der Waals surface area contributed by atoms with Crippen LogP contribution >= 0.6 is 0 Å². The Morgan fingerprint density at radius 3 is 2.76 bits per heavy atom. The Bertz CT molecular complexity index is 783. The lowest BCUT2D eigenvalue weighted by Gasteiger charge is -2.20. The molecule has 2 aliphatic rings. The van der Waals surface area contributed by atoms with E-state index in [0.29, 0.717) is 17.8 Å². The molecule has 2 atom stereocenters. The van der Waals surface area contributed by atoms with E-state index in [1.165, 1.54) is 6.42 Å². The summed E-state index contributed by atoms with van der Waals surface area (Å²) < 4.78 is 2.11. The van der Waals surface area contributed by atoms with Crippen LogP contribution in [0.25, 0.3) is 5.52 Å². The highest BCUT2D eigenvalue weighted by Crippen LogP contribution is 2.31. The van der Waals surface area contributed by atoms with Gasteiger partial charge in [0.15, 0.2) is 5.69 Å². The van der Waals surface area contributed by atoms with Gasteiger partial charge in [-0.05, 0) is 59.1 Å². The van der Waals surface area contributed by atoms with Crippen molar-refractivity contribution in [1.29, 1.82) is 0 Å². The number of nitrogens with zero attached hydrogens (tertiary/aromatic N) is 5. The first-order valence-corrected chi connectivity index (χ1v) is 9.19. The quantitative estimate of drug-likeness (QED) is 0.855. The normalized spacial score (nSPS) is 24.7. The average Bonchev–Trinajstić information content (AvgIpc) is 3.32. The maximum absolute atomic E-state index is 13.2. The van der Waals surface area contributed by atoms with Gasteiger partial charge in [-0.25, -0.2) is 4.98 Å². The van der Waals surface area contributed by atoms with Crippen molar-refractivity contribution >= 4 is 11.4 Å². The van der Waals surface area contributed by atoms with Gasteiger partial charge in [-0.3, -0.25) is 9.69 Å². The van der Waals surface area contributed by atoms with Crippen LogP contribution in [0.3, 0.4) is 0 Å². The summed E-state index contributed by atoms with van der Waals surface area (Å²) in [7, 11) is 6.31. The Labute approximate surface area is 149 Å². The second kappa shape index (κ2) is 6.42. The first-order valence-electron chi connectivity index (χ1n) is 9.19. The van der Waals surface area contributed by atoms with Crippen LogP contribution in [0.1, 0.15) is 41.6 Å². The standard InChI is InChI=1S/C19H27N5O/c1-21(2)14-9-12-23(13-14)19(25)17-15-7-4-5-11-24(15)18(20-17)16-8-6-10-22(16)3/h4-5,7,11,14,16H,6,8-10,12-13H2,1-3H3. The summed E-state index contributed by atoms with van der Waals surface area (Å²) in [5.41, 5.74) is 1.53. The third kappa shape index (κ3) is 2.83. The van der Waals surface area contributed by atoms with Gasteiger partial charge in [0.2, 0.25) is 0 Å². The molecule has 1 amide bonds. The largest absolute Gasteiger partial charge is 0.336 e. The molecular formula is C19H27N5O. The fourth-order valence-corrected chi connectivity index (χ4v) is 4.19. The lowest BCUT2D eigenvalue weighted by atomic mass is 10.2. The fraction of sp³-hybridized carbons (Fsp3) is 0.579. The van der Waals surface area contributed by atoms with Crippen LogP contribution in [0.4, 0.5) is 0 Å². The first kappa shape index (κ1) is 16.5. The highest BCUT2D eigenvalue weighted by molar-refractivity contribution is 5.99. The number of hydrogen-bond acceptors (Lipinski definition) is 4. The number of fused-ring (bicyclic) bond motifs is 1. The molecule has 6 heteroatoms. The van der Waals surface area contributed by atoms with Crippen LogP contribution in [0, 0.1) is 0 Å². The third-order valence-electron chi connectivity index (χ3n) is 5.78. The van der Waals surface area contributed by atoms with Crippen molar-refractivity contribution in [3.63, 3.8) is 0 Å². The zero-order valence-corrected chi connectivity index (χ0v) is 15.4. The minimum atomic E-state index is 0.0694. The number of aromatic nitrogens is 2. The molecule has 0 spiro atoms. The van der Waals surface area contributed by atoms with E-state index in [-0.39, 0.29) is 5.91 Å². The van der Waals surface area contributed by atoms with Crippen LogP contribution in [0.2, 0.25) is 0 Å². The Hall–Kier alpha value is -1.92. The SMILES string of the molecule is CN(C)C1CCN(C(=O)c2nc(C3CCCN3C)n3ccccc23)C1. The molecule has 0 aromatic carbocycles. The summed E-state index contributed by atoms with van der Waals surface area (Å²) in [6.07, 6.45) is 5.35. The van der Waals surface area contributed by atoms with Gasteiger partial charge in [0.25, 0.3) is 5.91 Å². The van der Waals surface area contributed by atoms with E-state index in [4.69, 9.17) is 4.98 Å². The number of carbonyl (C=O) groups excluding carboxylic acids is 1. The van der Waals surface area contributed by atoms with Gasteiger partial charge in [0, 0.05) is 25.3 Å². The Kier molecular flexibility index (Phi) is 4.25. The second-order valence-electron chi connectivity index (χ2n) is 7.57. The van der Waals surface area contributed by atoms with E-state index in [0.717, 1.165) is 43.8 Å². The molecule has 0 N–H and O–H groups in total. The van der Waals surface area contributed by atoms with E-state index in [9.17, 15) is 4.79 Å². The monoisotopic (exact) mass is 341 g/mol. The summed E-state index contributed by atoms with van der Waals surface area (Å²) in [4.78, 5) is 24.5. The van der Waals surface area contributed by atoms with Gasteiger partial charge in [0.1, 0.15) is 5.82 Å². The number of imidazole rings is 1. The molecule has 4 rings (SSSR count). The number of pyridine rings is 1. The Balaban J connectivity index is 1.69. The van der Waals surface area contributed by atoms with Gasteiger partial charge >= 0.3 is 0 Å². The first-order chi connectivity index (χ1) is 12.1. The number of rotatable bonds is 3. The van der Waals surface area contributed by atoms with Gasteiger partial charge in [-0.1, -0.05) is 6.07 Å². The number of likely N-dealkylation sites (N-methyl/N-ethyl adjacent to an activating group) is 1. The molecule has 2 aliphatic heterocycles. The van der Waals surface area contributed by atoms with Crippen LogP contribution < -0.4 is 0 Å². The molecule has 0 radical (unpaired) electrons. The number of carbonyl (C=O) groups is 1. The third-order valence-corrected chi connectivity index (χ3v) is 5.78. The molecule has 2 saturated heterocycles. The fourth-order valence-electron chi connectivity index (χ4n) is 4.19. The van der Waals surface area contributed by atoms with Gasteiger partial charge in [-0.15, -0.1) is 0 Å². The zero-order valence-electron chi connectivity index (χ0n) is 15.4. The highest BCUT2D eigenvalue weighted by atomic mass is 16.2. The van der Waals surface area contributed by atoms with Crippen LogP contribution in [0.5, 0.6) is 0 Å². The predicted octanol–water partition coefficient (Wildman–Crippen LogP) is 1.88. The lowest BCUT2D eigenvalue weighted by molar-refractivity contribution is 0.0779. The molecule has 0 saturated carbocycles. The van der Waals surface area contributed by atoms with E-state index in [2.05, 4.69) is 35.3 Å². The Morgan fingerprint density at radius 2 is 2.08 bits per heavy atom. The summed E-state index contributed by atoms with van der Waals surface area (Å²) in [6, 6.07) is 6.75. The molecule has 25 heavy (non-hydrogen) atoms. The van der Waals surface area contributed by atoms with Crippen molar-refractivity contribution < 1.29 is 4.79 Å². The van der Waals surface area contributed by atoms with Crippen LogP contribution in [-0.4, -0.2) is 76.8 Å². The minimum absolute atomic E-state index is 0.0694. The second-order valence-corrected chi connectivity index (χ2v) is 7.57. The molecule has 4 heterocycles. The van der Waals surface area contributed by atoms with E-state index < -0.39 is 0 Å². The molecule has 0 aliphatic carbocycles. The molecule has 2 aromatic heterocycles. The topological polar surface area (TPSA) is 44.1 Å². The maximum atomic E-state index is 13.2. The van der Waals surface area contributed by atoms with Crippen LogP contribution in [-0.2, 0) is 0 Å². The van der Waals surface area contributed by atoms with Crippen molar-refractivity contribution in [1.82, 2.24) is 24.1 Å². The lowest BCUT2D eigenvalue weighted by Crippen LogP contribution is -2.34. The maximum Gasteiger partial charge on any atom is 0.274 e. The number of hydrogen-bond donors (Lipinski definition) is 0. The molecule has 6 nitrogen and oxygen atoms in total. The van der Waals surface area contributed by atoms with Crippen molar-refractivity contribution in [2.45, 2.75) is 31.3 Å². The molecule has 0 bridgehead atoms. The number of likely N-dealkylation sites (tertiary alicyclic amines) is 2. The van der Waals surface area contributed by atoms with Gasteiger partial charge in [0.05, 0.1) is 11.6 Å². The molecule has 2 fully saturated rings. The summed E-state index contributed by atoms with van der Waals surface area (Å²) in [5.74, 6) is 1.07. The number of amides is 1. The van der Waals surface area contributed by atoms with Gasteiger partial charge in [-0.2, -0.15) is 0 Å². The van der Waals surface area contributed by atoms with Crippen molar-refractivity contribution in [2.24, 2.45) is 0 Å². The molecule has 2 aromatic rings. The molecule has 134 valence electrons. The zero-order chi connectivity index (χ0) is 17.6. The molecule has 2 unspecified atom stereocenters. The van der Waals surface area contributed by atoms with E-state index >= 15 is 0 Å². The van der Waals surface area contributed by atoms with Crippen molar-refractivity contribution in [3.05, 3.63) is 35.9 Å². The highest BCUT2D eigenvalue weighted by Gasteiger charge is 2.33. The van der Waals surface area contributed by atoms with E-state index in [1.807, 2.05) is 29.3 Å². The average molecular weight is 341 g/mol. The predicted molar refractivity (Wildman–Crippen MR) is 97.8 cm³/mol. The summed E-state index contributed by atoms with van der Waals surface area (Å²) in [6.45, 7) is 2.69. The van der Waals surface area contributed by atoms with Crippen molar-refractivity contribution in [2.75, 3.05) is 40.8 Å².